The van der Waals surface area contributed by atoms with Gasteiger partial charge in [0.15, 0.2) is 0 Å². The molecule has 27 heavy (non-hydrogen) atoms. The number of rotatable bonds is 8. The van der Waals surface area contributed by atoms with Crippen molar-refractivity contribution in [3.63, 3.8) is 0 Å². The van der Waals surface area contributed by atoms with Crippen LogP contribution in [-0.4, -0.2) is 26.3 Å². The molecule has 4 rings (SSSR count). The van der Waals surface area contributed by atoms with Crippen LogP contribution in [0, 0.1) is 0 Å². The summed E-state index contributed by atoms with van der Waals surface area (Å²) in [7, 11) is 0. The predicted molar refractivity (Wildman–Crippen MR) is 112 cm³/mol. The van der Waals surface area contributed by atoms with Crippen molar-refractivity contribution in [3.05, 3.63) is 84.9 Å². The average molecular weight is 357 g/mol. The highest BCUT2D eigenvalue weighted by atomic mass is 16.5. The molecule has 0 aliphatic heterocycles. The quantitative estimate of drug-likeness (QED) is 0.448. The van der Waals surface area contributed by atoms with E-state index in [1.165, 1.54) is 10.8 Å². The van der Waals surface area contributed by atoms with Crippen molar-refractivity contribution in [1.82, 2.24) is 5.32 Å². The van der Waals surface area contributed by atoms with Crippen LogP contribution in [0.25, 0.3) is 21.5 Å². The lowest BCUT2D eigenvalue weighted by Crippen LogP contribution is -2.25. The largest absolute Gasteiger partial charge is 0.492 e. The molecular formula is C24H23NO2. The van der Waals surface area contributed by atoms with Crippen LogP contribution < -0.4 is 14.8 Å². The number of benzene rings is 4. The summed E-state index contributed by atoms with van der Waals surface area (Å²) in [6.07, 6.45) is 0. The monoisotopic (exact) mass is 357 g/mol. The van der Waals surface area contributed by atoms with Crippen molar-refractivity contribution in [2.45, 2.75) is 0 Å². The molecule has 0 aromatic heterocycles. The summed E-state index contributed by atoms with van der Waals surface area (Å²) in [5, 5.41) is 8.08. The molecule has 1 N–H and O–H groups in total. The van der Waals surface area contributed by atoms with Gasteiger partial charge in [0.2, 0.25) is 0 Å². The first-order valence-corrected chi connectivity index (χ1v) is 9.34. The molecule has 4 aromatic carbocycles. The van der Waals surface area contributed by atoms with Crippen LogP contribution >= 0.6 is 0 Å². The number of fused-ring (bicyclic) bond motifs is 2. The summed E-state index contributed by atoms with van der Waals surface area (Å²) in [5.41, 5.74) is 0. The summed E-state index contributed by atoms with van der Waals surface area (Å²) < 4.78 is 11.9. The number of hydrogen-bond acceptors (Lipinski definition) is 3. The normalized spacial score (nSPS) is 11.0. The average Bonchev–Trinajstić information content (AvgIpc) is 2.73. The molecule has 0 aliphatic rings. The number of ether oxygens (including phenoxy) is 2. The molecule has 0 fully saturated rings. The lowest BCUT2D eigenvalue weighted by atomic mass is 10.1. The van der Waals surface area contributed by atoms with Crippen molar-refractivity contribution in [3.8, 4) is 11.5 Å². The Labute approximate surface area is 159 Å². The Morgan fingerprint density at radius 3 is 1.48 bits per heavy atom. The third-order valence-electron chi connectivity index (χ3n) is 4.57. The standard InChI is InChI=1S/C24H23NO2/c1-3-11-21-19(7-1)9-5-13-23(21)26-17-15-25-16-18-27-24-14-6-10-20-8-2-4-12-22(20)24/h1-14,25H,15-18H2. The van der Waals surface area contributed by atoms with Gasteiger partial charge < -0.3 is 14.8 Å². The Morgan fingerprint density at radius 2 is 0.963 bits per heavy atom. The van der Waals surface area contributed by atoms with Gasteiger partial charge in [0.05, 0.1) is 0 Å². The second kappa shape index (κ2) is 8.56. The molecule has 0 bridgehead atoms. The minimum absolute atomic E-state index is 0.627. The van der Waals surface area contributed by atoms with Gasteiger partial charge in [-0.1, -0.05) is 72.8 Å². The summed E-state index contributed by atoms with van der Waals surface area (Å²) in [6.45, 7) is 2.81. The number of hydrogen-bond donors (Lipinski definition) is 1. The van der Waals surface area contributed by atoms with Crippen LogP contribution in [0.15, 0.2) is 84.9 Å². The van der Waals surface area contributed by atoms with Crippen LogP contribution in [0.1, 0.15) is 0 Å². The summed E-state index contributed by atoms with van der Waals surface area (Å²) in [5.74, 6) is 1.86. The van der Waals surface area contributed by atoms with Gasteiger partial charge in [-0.25, -0.2) is 0 Å². The molecule has 0 saturated carbocycles. The fourth-order valence-electron chi connectivity index (χ4n) is 3.23. The Hall–Kier alpha value is -3.04. The van der Waals surface area contributed by atoms with Crippen molar-refractivity contribution in [2.24, 2.45) is 0 Å². The van der Waals surface area contributed by atoms with Gasteiger partial charge >= 0.3 is 0 Å². The molecule has 0 amide bonds. The second-order valence-corrected chi connectivity index (χ2v) is 6.40. The Morgan fingerprint density at radius 1 is 0.519 bits per heavy atom. The molecule has 0 unspecified atom stereocenters. The van der Waals surface area contributed by atoms with Gasteiger partial charge in [-0.3, -0.25) is 0 Å². The van der Waals surface area contributed by atoms with E-state index < -0.39 is 0 Å². The molecule has 0 spiro atoms. The van der Waals surface area contributed by atoms with E-state index in [9.17, 15) is 0 Å². The van der Waals surface area contributed by atoms with E-state index >= 15 is 0 Å². The molecule has 0 atom stereocenters. The van der Waals surface area contributed by atoms with Gasteiger partial charge in [0.1, 0.15) is 24.7 Å². The first-order valence-electron chi connectivity index (χ1n) is 9.34. The molecular weight excluding hydrogens is 334 g/mol. The van der Waals surface area contributed by atoms with Crippen LogP contribution in [0.2, 0.25) is 0 Å². The van der Waals surface area contributed by atoms with E-state index in [4.69, 9.17) is 9.47 Å². The van der Waals surface area contributed by atoms with Crippen LogP contribution in [0.5, 0.6) is 11.5 Å². The van der Waals surface area contributed by atoms with E-state index in [1.807, 2.05) is 48.5 Å². The van der Waals surface area contributed by atoms with E-state index in [1.54, 1.807) is 0 Å². The highest BCUT2D eigenvalue weighted by Gasteiger charge is 2.02. The molecule has 0 radical (unpaired) electrons. The van der Waals surface area contributed by atoms with Crippen molar-refractivity contribution in [2.75, 3.05) is 26.3 Å². The highest BCUT2D eigenvalue weighted by Crippen LogP contribution is 2.25. The van der Waals surface area contributed by atoms with Crippen LogP contribution in [0.3, 0.4) is 0 Å². The second-order valence-electron chi connectivity index (χ2n) is 6.40. The third kappa shape index (κ3) is 4.21. The maximum absolute atomic E-state index is 5.94. The van der Waals surface area contributed by atoms with Gasteiger partial charge in [0, 0.05) is 23.9 Å². The fraction of sp³-hybridized carbons (Fsp3) is 0.167. The first kappa shape index (κ1) is 17.4. The van der Waals surface area contributed by atoms with Gasteiger partial charge in [-0.2, -0.15) is 0 Å². The number of nitrogens with one attached hydrogen (secondary N) is 1. The fourth-order valence-corrected chi connectivity index (χ4v) is 3.23. The van der Waals surface area contributed by atoms with E-state index in [2.05, 4.69) is 41.7 Å². The molecule has 0 heterocycles. The minimum atomic E-state index is 0.627. The van der Waals surface area contributed by atoms with Crippen LogP contribution in [-0.2, 0) is 0 Å². The zero-order valence-corrected chi connectivity index (χ0v) is 15.2. The first-order chi connectivity index (χ1) is 13.4. The third-order valence-corrected chi connectivity index (χ3v) is 4.57. The maximum atomic E-state index is 5.94. The molecule has 4 aromatic rings. The van der Waals surface area contributed by atoms with E-state index in [0.29, 0.717) is 13.2 Å². The summed E-state index contributed by atoms with van der Waals surface area (Å²) >= 11 is 0. The SMILES string of the molecule is c1ccc2c(OCCNCCOc3cccc4ccccc34)cccc2c1. The summed E-state index contributed by atoms with van der Waals surface area (Å²) in [6, 6.07) is 28.9. The molecule has 0 saturated heterocycles. The van der Waals surface area contributed by atoms with Gasteiger partial charge in [0.25, 0.3) is 0 Å². The van der Waals surface area contributed by atoms with Crippen molar-refractivity contribution < 1.29 is 9.47 Å². The van der Waals surface area contributed by atoms with Gasteiger partial charge in [-0.05, 0) is 22.9 Å². The molecule has 0 aliphatic carbocycles. The summed E-state index contributed by atoms with van der Waals surface area (Å²) in [4.78, 5) is 0. The lowest BCUT2D eigenvalue weighted by molar-refractivity contribution is 0.292. The predicted octanol–water partition coefficient (Wildman–Crippen LogP) is 5.04. The zero-order chi connectivity index (χ0) is 18.3. The molecule has 3 nitrogen and oxygen atoms in total. The molecule has 3 heteroatoms. The Kier molecular flexibility index (Phi) is 5.51. The Bertz CT molecular complexity index is 935. The topological polar surface area (TPSA) is 30.5 Å². The van der Waals surface area contributed by atoms with Gasteiger partial charge in [-0.15, -0.1) is 0 Å². The maximum Gasteiger partial charge on any atom is 0.127 e. The minimum Gasteiger partial charge on any atom is -0.492 e. The van der Waals surface area contributed by atoms with Crippen molar-refractivity contribution in [1.29, 1.82) is 0 Å². The van der Waals surface area contributed by atoms with Crippen molar-refractivity contribution >= 4 is 21.5 Å². The van der Waals surface area contributed by atoms with Crippen LogP contribution in [0.4, 0.5) is 0 Å². The van der Waals surface area contributed by atoms with E-state index in [-0.39, 0.29) is 0 Å². The lowest BCUT2D eigenvalue weighted by Gasteiger charge is -2.11. The zero-order valence-electron chi connectivity index (χ0n) is 15.2. The smallest absolute Gasteiger partial charge is 0.127 e. The highest BCUT2D eigenvalue weighted by molar-refractivity contribution is 5.88. The Balaban J connectivity index is 1.22. The molecule has 136 valence electrons. The van der Waals surface area contributed by atoms with E-state index in [0.717, 1.165) is 35.4 Å².